The molecule has 3 aromatic rings. The van der Waals surface area contributed by atoms with Gasteiger partial charge in [0.05, 0.1) is 0 Å². The highest BCUT2D eigenvalue weighted by Gasteiger charge is 2.16. The zero-order valence-electron chi connectivity index (χ0n) is 13.3. The van der Waals surface area contributed by atoms with Crippen molar-refractivity contribution in [3.8, 4) is 0 Å². The summed E-state index contributed by atoms with van der Waals surface area (Å²) in [5.74, 6) is -0.0343. The molecule has 0 fully saturated rings. The molecule has 0 aliphatic rings. The SMILES string of the molecule is CCN(C(=O)Cn1cc(C=O)c2cc(Cl)ccc21)c1ccccc1. The average molecular weight is 341 g/mol. The number of amides is 1. The van der Waals surface area contributed by atoms with E-state index in [9.17, 15) is 9.59 Å². The molecule has 5 heteroatoms. The molecule has 2 aromatic carbocycles. The van der Waals surface area contributed by atoms with Gasteiger partial charge >= 0.3 is 0 Å². The molecule has 0 atom stereocenters. The normalized spacial score (nSPS) is 10.8. The molecule has 1 amide bonds. The van der Waals surface area contributed by atoms with E-state index in [1.807, 2.05) is 43.3 Å². The highest BCUT2D eigenvalue weighted by Crippen LogP contribution is 2.24. The van der Waals surface area contributed by atoms with E-state index in [-0.39, 0.29) is 12.5 Å². The van der Waals surface area contributed by atoms with Crippen molar-refractivity contribution in [2.24, 2.45) is 0 Å². The molecule has 122 valence electrons. The Kier molecular flexibility index (Phi) is 4.67. The number of hydrogen-bond donors (Lipinski definition) is 0. The van der Waals surface area contributed by atoms with Gasteiger partial charge in [-0.15, -0.1) is 0 Å². The minimum Gasteiger partial charge on any atom is -0.337 e. The van der Waals surface area contributed by atoms with Crippen LogP contribution in [0.2, 0.25) is 5.02 Å². The van der Waals surface area contributed by atoms with E-state index in [0.717, 1.165) is 22.9 Å². The first-order valence-electron chi connectivity index (χ1n) is 7.73. The van der Waals surface area contributed by atoms with E-state index < -0.39 is 0 Å². The van der Waals surface area contributed by atoms with Crippen molar-refractivity contribution >= 4 is 40.4 Å². The van der Waals surface area contributed by atoms with Crippen LogP contribution >= 0.6 is 11.6 Å². The average Bonchev–Trinajstić information content (AvgIpc) is 2.93. The van der Waals surface area contributed by atoms with Gasteiger partial charge in [0.2, 0.25) is 5.91 Å². The number of para-hydroxylation sites is 1. The zero-order chi connectivity index (χ0) is 17.1. The molecule has 0 N–H and O–H groups in total. The summed E-state index contributed by atoms with van der Waals surface area (Å²) >= 11 is 6.02. The van der Waals surface area contributed by atoms with Crippen molar-refractivity contribution in [1.29, 1.82) is 0 Å². The molecule has 24 heavy (non-hydrogen) atoms. The Morgan fingerprint density at radius 1 is 1.21 bits per heavy atom. The van der Waals surface area contributed by atoms with Gasteiger partial charge < -0.3 is 9.47 Å². The monoisotopic (exact) mass is 340 g/mol. The first-order valence-corrected chi connectivity index (χ1v) is 8.10. The van der Waals surface area contributed by atoms with Crippen LogP contribution in [-0.2, 0) is 11.3 Å². The molecule has 0 saturated carbocycles. The summed E-state index contributed by atoms with van der Waals surface area (Å²) in [6.07, 6.45) is 2.49. The molecule has 0 saturated heterocycles. The number of carbonyl (C=O) groups is 2. The number of rotatable bonds is 5. The third-order valence-corrected chi connectivity index (χ3v) is 4.23. The van der Waals surface area contributed by atoms with Crippen molar-refractivity contribution < 1.29 is 9.59 Å². The summed E-state index contributed by atoms with van der Waals surface area (Å²) in [6.45, 7) is 2.68. The van der Waals surface area contributed by atoms with Crippen molar-refractivity contribution in [2.75, 3.05) is 11.4 Å². The van der Waals surface area contributed by atoms with E-state index in [0.29, 0.717) is 17.1 Å². The maximum atomic E-state index is 12.7. The number of fused-ring (bicyclic) bond motifs is 1. The van der Waals surface area contributed by atoms with Crippen molar-refractivity contribution in [3.05, 3.63) is 65.3 Å². The fourth-order valence-corrected chi connectivity index (χ4v) is 3.04. The predicted octanol–water partition coefficient (Wildman–Crippen LogP) is 4.16. The number of aldehydes is 1. The predicted molar refractivity (Wildman–Crippen MR) is 96.8 cm³/mol. The highest BCUT2D eigenvalue weighted by molar-refractivity contribution is 6.31. The van der Waals surface area contributed by atoms with Crippen molar-refractivity contribution in [3.63, 3.8) is 0 Å². The highest BCUT2D eigenvalue weighted by atomic mass is 35.5. The van der Waals surface area contributed by atoms with Crippen LogP contribution in [0.15, 0.2) is 54.7 Å². The van der Waals surface area contributed by atoms with E-state index in [1.54, 1.807) is 27.8 Å². The second-order valence-electron chi connectivity index (χ2n) is 5.47. The quantitative estimate of drug-likeness (QED) is 0.654. The second-order valence-corrected chi connectivity index (χ2v) is 5.90. The van der Waals surface area contributed by atoms with Gasteiger partial charge in [-0.2, -0.15) is 0 Å². The molecule has 0 spiro atoms. The molecule has 1 aromatic heterocycles. The van der Waals surface area contributed by atoms with Crippen molar-refractivity contribution in [2.45, 2.75) is 13.5 Å². The Morgan fingerprint density at radius 3 is 2.62 bits per heavy atom. The summed E-state index contributed by atoms with van der Waals surface area (Å²) < 4.78 is 1.79. The van der Waals surface area contributed by atoms with Gasteiger partial charge in [-0.3, -0.25) is 9.59 Å². The third-order valence-electron chi connectivity index (χ3n) is 3.99. The summed E-state index contributed by atoms with van der Waals surface area (Å²) in [4.78, 5) is 25.8. The van der Waals surface area contributed by atoms with E-state index in [1.165, 1.54) is 0 Å². The number of halogens is 1. The Balaban J connectivity index is 1.94. The lowest BCUT2D eigenvalue weighted by molar-refractivity contribution is -0.119. The fraction of sp³-hybridized carbons (Fsp3) is 0.158. The Morgan fingerprint density at radius 2 is 1.96 bits per heavy atom. The summed E-state index contributed by atoms with van der Waals surface area (Å²) in [7, 11) is 0. The Bertz CT molecular complexity index is 887. The van der Waals surface area contributed by atoms with Crippen LogP contribution in [-0.4, -0.2) is 23.3 Å². The lowest BCUT2D eigenvalue weighted by Gasteiger charge is -2.21. The molecular formula is C19H17ClN2O2. The maximum Gasteiger partial charge on any atom is 0.246 e. The molecule has 1 heterocycles. The number of benzene rings is 2. The van der Waals surface area contributed by atoms with Gasteiger partial charge in [0.15, 0.2) is 6.29 Å². The number of nitrogens with zero attached hydrogens (tertiary/aromatic N) is 2. The molecule has 0 radical (unpaired) electrons. The van der Waals surface area contributed by atoms with Gasteiger partial charge in [0.25, 0.3) is 0 Å². The summed E-state index contributed by atoms with van der Waals surface area (Å²) in [5.41, 5.74) is 2.21. The third kappa shape index (κ3) is 3.05. The molecule has 0 aliphatic carbocycles. The topological polar surface area (TPSA) is 42.3 Å². The number of anilines is 1. The van der Waals surface area contributed by atoms with E-state index in [2.05, 4.69) is 0 Å². The van der Waals surface area contributed by atoms with Crippen LogP contribution < -0.4 is 4.90 Å². The van der Waals surface area contributed by atoms with E-state index in [4.69, 9.17) is 11.6 Å². The molecule has 0 unspecified atom stereocenters. The molecular weight excluding hydrogens is 324 g/mol. The van der Waals surface area contributed by atoms with Gasteiger partial charge in [0, 0.05) is 39.9 Å². The zero-order valence-corrected chi connectivity index (χ0v) is 14.0. The minimum atomic E-state index is -0.0343. The number of likely N-dealkylation sites (N-methyl/N-ethyl adjacent to an activating group) is 1. The van der Waals surface area contributed by atoms with Crippen LogP contribution in [0.25, 0.3) is 10.9 Å². The first kappa shape index (κ1) is 16.3. The fourth-order valence-electron chi connectivity index (χ4n) is 2.86. The molecule has 4 nitrogen and oxygen atoms in total. The van der Waals surface area contributed by atoms with Crippen LogP contribution in [0.3, 0.4) is 0 Å². The Hall–Kier alpha value is -2.59. The Labute approximate surface area is 145 Å². The van der Waals surface area contributed by atoms with Gasteiger partial charge in [-0.1, -0.05) is 29.8 Å². The number of aromatic nitrogens is 1. The summed E-state index contributed by atoms with van der Waals surface area (Å²) in [5, 5.41) is 1.32. The standard InChI is InChI=1S/C19H17ClN2O2/c1-2-22(16-6-4-3-5-7-16)19(24)12-21-11-14(13-23)17-10-15(20)8-9-18(17)21/h3-11,13H,2,12H2,1H3. The van der Waals surface area contributed by atoms with Crippen LogP contribution in [0, 0.1) is 0 Å². The van der Waals surface area contributed by atoms with Gasteiger partial charge in [0.1, 0.15) is 6.54 Å². The minimum absolute atomic E-state index is 0.0343. The first-order chi connectivity index (χ1) is 11.6. The largest absolute Gasteiger partial charge is 0.337 e. The smallest absolute Gasteiger partial charge is 0.246 e. The van der Waals surface area contributed by atoms with Crippen LogP contribution in [0.5, 0.6) is 0 Å². The molecule has 0 aliphatic heterocycles. The lowest BCUT2D eigenvalue weighted by atomic mass is 10.2. The molecule has 3 rings (SSSR count). The van der Waals surface area contributed by atoms with Crippen LogP contribution in [0.1, 0.15) is 17.3 Å². The molecule has 0 bridgehead atoms. The van der Waals surface area contributed by atoms with Crippen LogP contribution in [0.4, 0.5) is 5.69 Å². The van der Waals surface area contributed by atoms with Gasteiger partial charge in [-0.25, -0.2) is 0 Å². The second kappa shape index (κ2) is 6.89. The summed E-state index contributed by atoms with van der Waals surface area (Å²) in [6, 6.07) is 14.9. The van der Waals surface area contributed by atoms with Gasteiger partial charge in [-0.05, 0) is 37.3 Å². The number of hydrogen-bond acceptors (Lipinski definition) is 2. The van der Waals surface area contributed by atoms with E-state index >= 15 is 0 Å². The maximum absolute atomic E-state index is 12.7. The lowest BCUT2D eigenvalue weighted by Crippen LogP contribution is -2.33. The van der Waals surface area contributed by atoms with Crippen molar-refractivity contribution in [1.82, 2.24) is 4.57 Å². The number of carbonyl (C=O) groups excluding carboxylic acids is 2.